The first-order valence-electron chi connectivity index (χ1n) is 5.97. The Hall–Kier alpha value is -2.16. The molecule has 0 unspecified atom stereocenters. The number of hydrogen-bond donors (Lipinski definition) is 0. The molecular formula is C16H15FO2. The number of methoxy groups -OCH3 is 1. The molecule has 0 fully saturated rings. The molecule has 0 amide bonds. The number of halogens is 1. The van der Waals surface area contributed by atoms with Crippen LogP contribution in [0.4, 0.5) is 4.39 Å². The minimum absolute atomic E-state index is 0.260. The smallest absolute Gasteiger partial charge is 0.150 e. The summed E-state index contributed by atoms with van der Waals surface area (Å²) in [4.78, 5) is 10.9. The number of rotatable bonds is 3. The van der Waals surface area contributed by atoms with Crippen molar-refractivity contribution in [1.29, 1.82) is 0 Å². The first-order chi connectivity index (χ1) is 9.06. The summed E-state index contributed by atoms with van der Waals surface area (Å²) in [5.41, 5.74) is 3.92. The van der Waals surface area contributed by atoms with Gasteiger partial charge >= 0.3 is 0 Å². The molecular weight excluding hydrogens is 243 g/mol. The fourth-order valence-corrected chi connectivity index (χ4v) is 2.33. The zero-order chi connectivity index (χ0) is 14.0. The minimum Gasteiger partial charge on any atom is -0.496 e. The van der Waals surface area contributed by atoms with Gasteiger partial charge in [-0.15, -0.1) is 0 Å². The SMILES string of the molecule is COc1ccc(C=O)cc1-c1c(C)cc(F)cc1C. The van der Waals surface area contributed by atoms with Gasteiger partial charge in [0, 0.05) is 11.1 Å². The molecule has 0 atom stereocenters. The summed E-state index contributed by atoms with van der Waals surface area (Å²) in [6.07, 6.45) is 0.789. The maximum Gasteiger partial charge on any atom is 0.150 e. The molecule has 2 nitrogen and oxygen atoms in total. The predicted octanol–water partition coefficient (Wildman–Crippen LogP) is 3.93. The van der Waals surface area contributed by atoms with E-state index < -0.39 is 0 Å². The molecule has 0 saturated carbocycles. The molecule has 0 aliphatic carbocycles. The summed E-state index contributed by atoms with van der Waals surface area (Å²) < 4.78 is 18.7. The van der Waals surface area contributed by atoms with Crippen LogP contribution in [0.2, 0.25) is 0 Å². The van der Waals surface area contributed by atoms with Gasteiger partial charge in [-0.1, -0.05) is 0 Å². The maximum absolute atomic E-state index is 13.4. The van der Waals surface area contributed by atoms with Gasteiger partial charge in [-0.25, -0.2) is 4.39 Å². The van der Waals surface area contributed by atoms with E-state index in [9.17, 15) is 9.18 Å². The quantitative estimate of drug-likeness (QED) is 0.780. The average molecular weight is 258 g/mol. The second-order valence-corrected chi connectivity index (χ2v) is 4.49. The number of benzene rings is 2. The van der Waals surface area contributed by atoms with Crippen LogP contribution >= 0.6 is 0 Å². The fraction of sp³-hybridized carbons (Fsp3) is 0.188. The third kappa shape index (κ3) is 2.50. The normalized spacial score (nSPS) is 10.3. The zero-order valence-electron chi connectivity index (χ0n) is 11.2. The summed E-state index contributed by atoms with van der Waals surface area (Å²) in [5, 5.41) is 0. The lowest BCUT2D eigenvalue weighted by molar-refractivity contribution is 0.112. The Kier molecular flexibility index (Phi) is 3.65. The second kappa shape index (κ2) is 5.22. The van der Waals surface area contributed by atoms with Gasteiger partial charge in [0.1, 0.15) is 17.9 Å². The molecule has 0 aliphatic rings. The first-order valence-corrected chi connectivity index (χ1v) is 5.97. The third-order valence-electron chi connectivity index (χ3n) is 3.13. The number of aldehydes is 1. The summed E-state index contributed by atoms with van der Waals surface area (Å²) in [7, 11) is 1.58. The van der Waals surface area contributed by atoms with E-state index >= 15 is 0 Å². The van der Waals surface area contributed by atoms with Crippen LogP contribution in [0.25, 0.3) is 11.1 Å². The minimum atomic E-state index is -0.260. The van der Waals surface area contributed by atoms with Crippen molar-refractivity contribution in [3.63, 3.8) is 0 Å². The molecule has 0 aliphatic heterocycles. The van der Waals surface area contributed by atoms with Crippen LogP contribution in [0.3, 0.4) is 0 Å². The van der Waals surface area contributed by atoms with Crippen molar-refractivity contribution in [2.45, 2.75) is 13.8 Å². The van der Waals surface area contributed by atoms with E-state index in [1.54, 1.807) is 25.3 Å². The van der Waals surface area contributed by atoms with Gasteiger partial charge in [-0.05, 0) is 60.9 Å². The number of carbonyl (C=O) groups excluding carboxylic acids is 1. The Bertz CT molecular complexity index is 610. The summed E-state index contributed by atoms with van der Waals surface area (Å²) in [6, 6.07) is 8.18. The van der Waals surface area contributed by atoms with Gasteiger partial charge in [0.2, 0.25) is 0 Å². The van der Waals surface area contributed by atoms with Crippen molar-refractivity contribution in [1.82, 2.24) is 0 Å². The number of ether oxygens (including phenoxy) is 1. The molecule has 3 heteroatoms. The first kappa shape index (κ1) is 13.3. The van der Waals surface area contributed by atoms with Crippen LogP contribution in [-0.4, -0.2) is 13.4 Å². The van der Waals surface area contributed by atoms with Gasteiger partial charge in [-0.2, -0.15) is 0 Å². The van der Waals surface area contributed by atoms with Crippen LogP contribution in [0.5, 0.6) is 5.75 Å². The Morgan fingerprint density at radius 3 is 2.26 bits per heavy atom. The van der Waals surface area contributed by atoms with E-state index in [0.29, 0.717) is 11.3 Å². The number of carbonyl (C=O) groups is 1. The van der Waals surface area contributed by atoms with Crippen LogP contribution in [0, 0.1) is 19.7 Å². The van der Waals surface area contributed by atoms with Crippen LogP contribution < -0.4 is 4.74 Å². The van der Waals surface area contributed by atoms with Gasteiger partial charge in [-0.3, -0.25) is 4.79 Å². The molecule has 2 rings (SSSR count). The van der Waals surface area contributed by atoms with Crippen molar-refractivity contribution >= 4 is 6.29 Å². The highest BCUT2D eigenvalue weighted by Gasteiger charge is 2.13. The van der Waals surface area contributed by atoms with Gasteiger partial charge in [0.25, 0.3) is 0 Å². The predicted molar refractivity (Wildman–Crippen MR) is 73.2 cm³/mol. The highest BCUT2D eigenvalue weighted by Crippen LogP contribution is 2.35. The van der Waals surface area contributed by atoms with E-state index in [-0.39, 0.29) is 5.82 Å². The van der Waals surface area contributed by atoms with E-state index in [1.165, 1.54) is 12.1 Å². The van der Waals surface area contributed by atoms with Crippen molar-refractivity contribution in [2.24, 2.45) is 0 Å². The van der Waals surface area contributed by atoms with E-state index in [2.05, 4.69) is 0 Å². The Morgan fingerprint density at radius 2 is 1.74 bits per heavy atom. The molecule has 19 heavy (non-hydrogen) atoms. The monoisotopic (exact) mass is 258 g/mol. The van der Waals surface area contributed by atoms with Crippen LogP contribution in [0.15, 0.2) is 30.3 Å². The molecule has 0 saturated heterocycles. The second-order valence-electron chi connectivity index (χ2n) is 4.49. The van der Waals surface area contributed by atoms with Crippen molar-refractivity contribution < 1.29 is 13.9 Å². The summed E-state index contributed by atoms with van der Waals surface area (Å²) >= 11 is 0. The van der Waals surface area contributed by atoms with Crippen molar-refractivity contribution in [3.05, 3.63) is 52.8 Å². The lowest BCUT2D eigenvalue weighted by atomic mass is 9.94. The van der Waals surface area contributed by atoms with E-state index in [4.69, 9.17) is 4.74 Å². The third-order valence-corrected chi connectivity index (χ3v) is 3.13. The lowest BCUT2D eigenvalue weighted by Gasteiger charge is -2.14. The molecule has 0 N–H and O–H groups in total. The molecule has 0 spiro atoms. The Morgan fingerprint density at radius 1 is 1.11 bits per heavy atom. The molecule has 0 heterocycles. The molecule has 2 aromatic carbocycles. The molecule has 98 valence electrons. The lowest BCUT2D eigenvalue weighted by Crippen LogP contribution is -1.95. The highest BCUT2D eigenvalue weighted by atomic mass is 19.1. The summed E-state index contributed by atoms with van der Waals surface area (Å²) in [6.45, 7) is 3.69. The molecule has 0 radical (unpaired) electrons. The highest BCUT2D eigenvalue weighted by molar-refractivity contribution is 5.83. The van der Waals surface area contributed by atoms with E-state index in [0.717, 1.165) is 28.5 Å². The molecule has 2 aromatic rings. The van der Waals surface area contributed by atoms with Crippen molar-refractivity contribution in [3.8, 4) is 16.9 Å². The molecule has 0 aromatic heterocycles. The standard InChI is InChI=1S/C16H15FO2/c1-10-6-13(17)7-11(2)16(10)14-8-12(9-18)4-5-15(14)19-3/h4-9H,1-3H3. The fourth-order valence-electron chi connectivity index (χ4n) is 2.33. The van der Waals surface area contributed by atoms with Crippen LogP contribution in [-0.2, 0) is 0 Å². The number of hydrogen-bond acceptors (Lipinski definition) is 2. The molecule has 0 bridgehead atoms. The Labute approximate surface area is 111 Å². The van der Waals surface area contributed by atoms with Crippen LogP contribution in [0.1, 0.15) is 21.5 Å². The topological polar surface area (TPSA) is 26.3 Å². The van der Waals surface area contributed by atoms with Gasteiger partial charge in [0.05, 0.1) is 7.11 Å². The maximum atomic E-state index is 13.4. The Balaban J connectivity index is 2.73. The van der Waals surface area contributed by atoms with Gasteiger partial charge < -0.3 is 4.74 Å². The van der Waals surface area contributed by atoms with E-state index in [1.807, 2.05) is 13.8 Å². The number of aryl methyl sites for hydroxylation is 2. The largest absolute Gasteiger partial charge is 0.496 e. The zero-order valence-corrected chi connectivity index (χ0v) is 11.2. The van der Waals surface area contributed by atoms with Gasteiger partial charge in [0.15, 0.2) is 0 Å². The summed E-state index contributed by atoms with van der Waals surface area (Å²) in [5.74, 6) is 0.410. The average Bonchev–Trinajstić information content (AvgIpc) is 2.37. The van der Waals surface area contributed by atoms with Crippen molar-refractivity contribution in [2.75, 3.05) is 7.11 Å².